The van der Waals surface area contributed by atoms with Crippen molar-refractivity contribution in [2.24, 2.45) is 0 Å². The summed E-state index contributed by atoms with van der Waals surface area (Å²) in [6.45, 7) is 11.0. The van der Waals surface area contributed by atoms with E-state index in [0.717, 1.165) is 25.0 Å². The van der Waals surface area contributed by atoms with Crippen LogP contribution in [0.5, 0.6) is 5.75 Å². The molecule has 0 radical (unpaired) electrons. The summed E-state index contributed by atoms with van der Waals surface area (Å²) in [5.74, 6) is 0.932. The molecule has 1 aromatic rings. The fraction of sp³-hybridized carbons (Fsp3) is 0.611. The monoisotopic (exact) mass is 288 g/mol. The molecule has 0 heterocycles. The highest BCUT2D eigenvalue weighted by Crippen LogP contribution is 2.18. The largest absolute Gasteiger partial charge is 0.494 e. The van der Waals surface area contributed by atoms with Crippen molar-refractivity contribution in [3.63, 3.8) is 0 Å². The fourth-order valence-corrected chi connectivity index (χ4v) is 2.37. The van der Waals surface area contributed by atoms with Gasteiger partial charge in [-0.3, -0.25) is 5.32 Å². The quantitative estimate of drug-likeness (QED) is 0.731. The Balaban J connectivity index is 2.31. The molecule has 3 heteroatoms. The zero-order valence-corrected chi connectivity index (χ0v) is 14.0. The van der Waals surface area contributed by atoms with Crippen LogP contribution in [0, 0.1) is 25.2 Å². The summed E-state index contributed by atoms with van der Waals surface area (Å²) >= 11 is 0. The predicted octanol–water partition coefficient (Wildman–Crippen LogP) is 4.13. The molecule has 21 heavy (non-hydrogen) atoms. The molecule has 1 N–H and O–H groups in total. The van der Waals surface area contributed by atoms with Crippen LogP contribution in [0.3, 0.4) is 0 Å². The molecule has 116 valence electrons. The number of nitrogens with one attached hydrogen (secondary N) is 1. The molecule has 1 aromatic carbocycles. The molecule has 0 aliphatic rings. The minimum atomic E-state index is -0.436. The first kappa shape index (κ1) is 17.5. The van der Waals surface area contributed by atoms with E-state index in [-0.39, 0.29) is 0 Å². The van der Waals surface area contributed by atoms with Crippen molar-refractivity contribution in [2.45, 2.75) is 65.5 Å². The number of aryl methyl sites for hydroxylation is 2. The van der Waals surface area contributed by atoms with Gasteiger partial charge >= 0.3 is 0 Å². The van der Waals surface area contributed by atoms with Crippen LogP contribution in [0.15, 0.2) is 18.2 Å². The van der Waals surface area contributed by atoms with E-state index in [1.165, 1.54) is 11.1 Å². The molecule has 0 saturated carbocycles. The molecular formula is C18H28N2O. The van der Waals surface area contributed by atoms with Gasteiger partial charge in [0.1, 0.15) is 11.3 Å². The number of nitriles is 1. The van der Waals surface area contributed by atoms with Gasteiger partial charge in [0, 0.05) is 6.04 Å². The minimum absolute atomic E-state index is 0.321. The minimum Gasteiger partial charge on any atom is -0.494 e. The Hall–Kier alpha value is -1.53. The molecule has 0 bridgehead atoms. The van der Waals surface area contributed by atoms with E-state index in [2.05, 4.69) is 51.2 Å². The van der Waals surface area contributed by atoms with Gasteiger partial charge in [0.05, 0.1) is 12.7 Å². The highest BCUT2D eigenvalue weighted by atomic mass is 16.5. The molecule has 0 saturated heterocycles. The second kappa shape index (κ2) is 8.05. The molecular weight excluding hydrogens is 260 g/mol. The van der Waals surface area contributed by atoms with E-state index in [9.17, 15) is 5.26 Å². The summed E-state index contributed by atoms with van der Waals surface area (Å²) in [4.78, 5) is 0. The number of benzene rings is 1. The van der Waals surface area contributed by atoms with Crippen molar-refractivity contribution in [1.82, 2.24) is 5.32 Å². The number of nitrogens with zero attached hydrogens (tertiary/aromatic N) is 1. The zero-order valence-electron chi connectivity index (χ0n) is 14.0. The second-order valence-corrected chi connectivity index (χ2v) is 6.29. The lowest BCUT2D eigenvalue weighted by atomic mass is 9.96. The van der Waals surface area contributed by atoms with Gasteiger partial charge < -0.3 is 4.74 Å². The van der Waals surface area contributed by atoms with Crippen LogP contribution in [0.4, 0.5) is 0 Å². The van der Waals surface area contributed by atoms with E-state index < -0.39 is 5.54 Å². The van der Waals surface area contributed by atoms with E-state index in [1.54, 1.807) is 0 Å². The third-order valence-electron chi connectivity index (χ3n) is 3.67. The highest BCUT2D eigenvalue weighted by molar-refractivity contribution is 5.33. The lowest BCUT2D eigenvalue weighted by molar-refractivity contribution is 0.292. The van der Waals surface area contributed by atoms with Crippen LogP contribution < -0.4 is 10.1 Å². The SMILES string of the molecule is Cc1ccc(OCCCCC(C)(C#N)NC(C)C)cc1C. The third kappa shape index (κ3) is 6.18. The Morgan fingerprint density at radius 3 is 2.52 bits per heavy atom. The molecule has 0 amide bonds. The van der Waals surface area contributed by atoms with E-state index in [4.69, 9.17) is 4.74 Å². The summed E-state index contributed by atoms with van der Waals surface area (Å²) in [5.41, 5.74) is 2.10. The van der Waals surface area contributed by atoms with Crippen LogP contribution in [-0.4, -0.2) is 18.2 Å². The smallest absolute Gasteiger partial charge is 0.119 e. The van der Waals surface area contributed by atoms with Crippen molar-refractivity contribution in [1.29, 1.82) is 5.26 Å². The van der Waals surface area contributed by atoms with Gasteiger partial charge in [-0.1, -0.05) is 6.07 Å². The van der Waals surface area contributed by atoms with Crippen LogP contribution in [0.2, 0.25) is 0 Å². The Morgan fingerprint density at radius 2 is 1.95 bits per heavy atom. The Bertz CT molecular complexity index is 490. The van der Waals surface area contributed by atoms with Crippen molar-refractivity contribution in [2.75, 3.05) is 6.61 Å². The first-order chi connectivity index (χ1) is 9.86. The highest BCUT2D eigenvalue weighted by Gasteiger charge is 2.23. The molecule has 1 unspecified atom stereocenters. The van der Waals surface area contributed by atoms with Gasteiger partial charge in [-0.2, -0.15) is 5.26 Å². The average molecular weight is 288 g/mol. The van der Waals surface area contributed by atoms with Gasteiger partial charge in [-0.15, -0.1) is 0 Å². The predicted molar refractivity (Wildman–Crippen MR) is 87.6 cm³/mol. The van der Waals surface area contributed by atoms with Gasteiger partial charge in [0.25, 0.3) is 0 Å². The van der Waals surface area contributed by atoms with Crippen LogP contribution in [0.1, 0.15) is 51.2 Å². The third-order valence-corrected chi connectivity index (χ3v) is 3.67. The molecule has 1 atom stereocenters. The number of unbranched alkanes of at least 4 members (excludes halogenated alkanes) is 1. The second-order valence-electron chi connectivity index (χ2n) is 6.29. The molecule has 0 fully saturated rings. The van der Waals surface area contributed by atoms with Gasteiger partial charge in [0.2, 0.25) is 0 Å². The van der Waals surface area contributed by atoms with Crippen LogP contribution in [0.25, 0.3) is 0 Å². The normalized spacial score (nSPS) is 13.8. The lowest BCUT2D eigenvalue weighted by Gasteiger charge is -2.25. The van der Waals surface area contributed by atoms with Crippen LogP contribution in [-0.2, 0) is 0 Å². The number of ether oxygens (including phenoxy) is 1. The first-order valence-corrected chi connectivity index (χ1v) is 7.75. The standard InChI is InChI=1S/C18H28N2O/c1-14(2)20-18(5,13-19)10-6-7-11-21-17-9-8-15(3)16(4)12-17/h8-9,12,14,20H,6-7,10-11H2,1-5H3. The topological polar surface area (TPSA) is 45.0 Å². The maximum atomic E-state index is 9.28. The summed E-state index contributed by atoms with van der Waals surface area (Å²) in [6, 6.07) is 8.88. The summed E-state index contributed by atoms with van der Waals surface area (Å²) in [7, 11) is 0. The van der Waals surface area contributed by atoms with Crippen molar-refractivity contribution in [3.8, 4) is 11.8 Å². The Labute approximate surface area is 129 Å². The first-order valence-electron chi connectivity index (χ1n) is 7.75. The molecule has 0 aliphatic heterocycles. The summed E-state index contributed by atoms with van der Waals surface area (Å²) < 4.78 is 5.77. The van der Waals surface area contributed by atoms with Crippen LogP contribution >= 0.6 is 0 Å². The maximum Gasteiger partial charge on any atom is 0.119 e. The van der Waals surface area contributed by atoms with Crippen molar-refractivity contribution < 1.29 is 4.74 Å². The average Bonchev–Trinajstić information content (AvgIpc) is 2.41. The van der Waals surface area contributed by atoms with E-state index in [1.807, 2.05) is 13.0 Å². The molecule has 3 nitrogen and oxygen atoms in total. The maximum absolute atomic E-state index is 9.28. The lowest BCUT2D eigenvalue weighted by Crippen LogP contribution is -2.44. The number of hydrogen-bond acceptors (Lipinski definition) is 3. The molecule has 0 aliphatic carbocycles. The summed E-state index contributed by atoms with van der Waals surface area (Å²) in [6.07, 6.45) is 2.79. The van der Waals surface area contributed by atoms with Gasteiger partial charge in [-0.05, 0) is 77.1 Å². The molecule has 0 spiro atoms. The number of rotatable bonds is 8. The van der Waals surface area contributed by atoms with E-state index >= 15 is 0 Å². The molecule has 1 rings (SSSR count). The fourth-order valence-electron chi connectivity index (χ4n) is 2.37. The summed E-state index contributed by atoms with van der Waals surface area (Å²) in [5, 5.41) is 12.6. The van der Waals surface area contributed by atoms with Crippen molar-refractivity contribution >= 4 is 0 Å². The van der Waals surface area contributed by atoms with Gasteiger partial charge in [0.15, 0.2) is 0 Å². The van der Waals surface area contributed by atoms with Gasteiger partial charge in [-0.25, -0.2) is 0 Å². The zero-order chi connectivity index (χ0) is 15.9. The number of hydrogen-bond donors (Lipinski definition) is 1. The van der Waals surface area contributed by atoms with Crippen molar-refractivity contribution in [3.05, 3.63) is 29.3 Å². The Kier molecular flexibility index (Phi) is 6.71. The van der Waals surface area contributed by atoms with E-state index in [0.29, 0.717) is 12.6 Å². The Morgan fingerprint density at radius 1 is 1.24 bits per heavy atom. The molecule has 0 aromatic heterocycles.